The van der Waals surface area contributed by atoms with Gasteiger partial charge in [0, 0.05) is 16.9 Å². The summed E-state index contributed by atoms with van der Waals surface area (Å²) in [5, 5.41) is 4.11. The van der Waals surface area contributed by atoms with E-state index in [2.05, 4.69) is 21.2 Å². The Morgan fingerprint density at radius 2 is 2.05 bits per heavy atom. The molecule has 1 fully saturated rings. The molecule has 1 aliphatic carbocycles. The van der Waals surface area contributed by atoms with Crippen LogP contribution in [0.1, 0.15) is 36.0 Å². The SMILES string of the molecule is O=C(NC1CCCCC1CBr)c1ccc2c(c1)OCO2. The first-order valence-corrected chi connectivity index (χ1v) is 8.16. The molecule has 1 heterocycles. The van der Waals surface area contributed by atoms with Crippen LogP contribution in [0.5, 0.6) is 11.5 Å². The van der Waals surface area contributed by atoms with Crippen molar-refractivity contribution in [3.8, 4) is 11.5 Å². The van der Waals surface area contributed by atoms with Crippen LogP contribution in [-0.4, -0.2) is 24.1 Å². The van der Waals surface area contributed by atoms with E-state index in [4.69, 9.17) is 9.47 Å². The number of rotatable bonds is 3. The number of hydrogen-bond acceptors (Lipinski definition) is 3. The van der Waals surface area contributed by atoms with Crippen molar-refractivity contribution in [1.29, 1.82) is 0 Å². The fraction of sp³-hybridized carbons (Fsp3) is 0.533. The van der Waals surface area contributed by atoms with Gasteiger partial charge in [-0.05, 0) is 37.0 Å². The van der Waals surface area contributed by atoms with Gasteiger partial charge in [-0.1, -0.05) is 28.8 Å². The normalized spacial score (nSPS) is 24.4. The number of amides is 1. The Morgan fingerprint density at radius 1 is 1.25 bits per heavy atom. The predicted octanol–water partition coefficient (Wildman–Crippen LogP) is 3.10. The highest BCUT2D eigenvalue weighted by atomic mass is 79.9. The fourth-order valence-corrected chi connectivity index (χ4v) is 3.65. The average Bonchev–Trinajstić information content (AvgIpc) is 2.95. The number of benzene rings is 1. The summed E-state index contributed by atoms with van der Waals surface area (Å²) in [7, 11) is 0. The van der Waals surface area contributed by atoms with Gasteiger partial charge in [-0.3, -0.25) is 4.79 Å². The molecular weight excluding hydrogens is 322 g/mol. The van der Waals surface area contributed by atoms with Crippen molar-refractivity contribution >= 4 is 21.8 Å². The van der Waals surface area contributed by atoms with E-state index in [0.29, 0.717) is 23.0 Å². The predicted molar refractivity (Wildman–Crippen MR) is 79.6 cm³/mol. The third kappa shape index (κ3) is 2.77. The minimum atomic E-state index is -0.0267. The minimum absolute atomic E-state index is 0.0267. The Morgan fingerprint density at radius 3 is 2.90 bits per heavy atom. The molecule has 2 unspecified atom stereocenters. The monoisotopic (exact) mass is 339 g/mol. The molecule has 0 spiro atoms. The third-order valence-corrected chi connectivity index (χ3v) is 4.89. The summed E-state index contributed by atoms with van der Waals surface area (Å²) in [5.41, 5.74) is 0.633. The van der Waals surface area contributed by atoms with Gasteiger partial charge in [0.1, 0.15) is 0 Å². The van der Waals surface area contributed by atoms with E-state index in [9.17, 15) is 4.79 Å². The molecule has 20 heavy (non-hydrogen) atoms. The van der Waals surface area contributed by atoms with Crippen molar-refractivity contribution in [3.63, 3.8) is 0 Å². The zero-order valence-corrected chi connectivity index (χ0v) is 12.8. The molecule has 2 aliphatic rings. The number of carbonyl (C=O) groups excluding carboxylic acids is 1. The molecule has 1 aliphatic heterocycles. The van der Waals surface area contributed by atoms with Crippen LogP contribution in [0.2, 0.25) is 0 Å². The van der Waals surface area contributed by atoms with E-state index in [0.717, 1.165) is 11.8 Å². The summed E-state index contributed by atoms with van der Waals surface area (Å²) in [5.74, 6) is 1.86. The first-order valence-electron chi connectivity index (χ1n) is 7.04. The van der Waals surface area contributed by atoms with Gasteiger partial charge in [-0.15, -0.1) is 0 Å². The van der Waals surface area contributed by atoms with Crippen LogP contribution in [0.25, 0.3) is 0 Å². The van der Waals surface area contributed by atoms with Gasteiger partial charge in [-0.2, -0.15) is 0 Å². The van der Waals surface area contributed by atoms with Gasteiger partial charge in [0.25, 0.3) is 5.91 Å². The second-order valence-electron chi connectivity index (χ2n) is 5.35. The van der Waals surface area contributed by atoms with Crippen molar-refractivity contribution in [2.75, 3.05) is 12.1 Å². The molecule has 0 bridgehead atoms. The van der Waals surface area contributed by atoms with E-state index in [-0.39, 0.29) is 18.7 Å². The molecule has 2 atom stereocenters. The lowest BCUT2D eigenvalue weighted by Gasteiger charge is -2.31. The van der Waals surface area contributed by atoms with Crippen LogP contribution >= 0.6 is 15.9 Å². The molecule has 0 radical (unpaired) electrons. The van der Waals surface area contributed by atoms with Crippen molar-refractivity contribution in [2.24, 2.45) is 5.92 Å². The molecule has 0 aromatic heterocycles. The highest BCUT2D eigenvalue weighted by Crippen LogP contribution is 2.33. The second-order valence-corrected chi connectivity index (χ2v) is 5.99. The maximum Gasteiger partial charge on any atom is 0.251 e. The molecular formula is C15H18BrNO3. The van der Waals surface area contributed by atoms with Crippen molar-refractivity contribution in [2.45, 2.75) is 31.7 Å². The van der Waals surface area contributed by atoms with Gasteiger partial charge in [0.05, 0.1) is 0 Å². The van der Waals surface area contributed by atoms with Crippen molar-refractivity contribution in [1.82, 2.24) is 5.32 Å². The van der Waals surface area contributed by atoms with Crippen LogP contribution < -0.4 is 14.8 Å². The highest BCUT2D eigenvalue weighted by Gasteiger charge is 2.26. The lowest BCUT2D eigenvalue weighted by molar-refractivity contribution is 0.0911. The fourth-order valence-electron chi connectivity index (χ4n) is 2.87. The van der Waals surface area contributed by atoms with Crippen LogP contribution in [0.3, 0.4) is 0 Å². The summed E-state index contributed by atoms with van der Waals surface area (Å²) in [6.07, 6.45) is 4.69. The summed E-state index contributed by atoms with van der Waals surface area (Å²) < 4.78 is 10.6. The Bertz CT molecular complexity index is 506. The molecule has 0 saturated heterocycles. The first kappa shape index (κ1) is 13.7. The maximum atomic E-state index is 12.4. The topological polar surface area (TPSA) is 47.6 Å². The Balaban J connectivity index is 1.69. The number of fused-ring (bicyclic) bond motifs is 1. The molecule has 4 nitrogen and oxygen atoms in total. The van der Waals surface area contributed by atoms with Crippen LogP contribution in [0, 0.1) is 5.92 Å². The first-order chi connectivity index (χ1) is 9.78. The molecule has 108 valence electrons. The molecule has 1 aromatic carbocycles. The zero-order valence-electron chi connectivity index (χ0n) is 11.2. The van der Waals surface area contributed by atoms with Gasteiger partial charge < -0.3 is 14.8 Å². The Labute approximate surface area is 127 Å². The third-order valence-electron chi connectivity index (χ3n) is 4.06. The van der Waals surface area contributed by atoms with E-state index in [1.807, 2.05) is 0 Å². The standard InChI is InChI=1S/C15H18BrNO3/c16-8-11-3-1-2-4-12(11)17-15(18)10-5-6-13-14(7-10)20-9-19-13/h5-7,11-12H,1-4,8-9H2,(H,17,18). The van der Waals surface area contributed by atoms with Gasteiger partial charge >= 0.3 is 0 Å². The summed E-state index contributed by atoms with van der Waals surface area (Å²) in [6.45, 7) is 0.231. The lowest BCUT2D eigenvalue weighted by Crippen LogP contribution is -2.42. The highest BCUT2D eigenvalue weighted by molar-refractivity contribution is 9.09. The largest absolute Gasteiger partial charge is 0.454 e. The molecule has 3 rings (SSSR count). The van der Waals surface area contributed by atoms with E-state index >= 15 is 0 Å². The number of ether oxygens (including phenoxy) is 2. The molecule has 1 amide bonds. The summed E-state index contributed by atoms with van der Waals surface area (Å²) in [6, 6.07) is 5.60. The smallest absolute Gasteiger partial charge is 0.251 e. The van der Waals surface area contributed by atoms with Crippen LogP contribution in [-0.2, 0) is 0 Å². The lowest BCUT2D eigenvalue weighted by atomic mass is 9.86. The number of halogens is 1. The van der Waals surface area contributed by atoms with Gasteiger partial charge in [0.15, 0.2) is 11.5 Å². The molecule has 1 aromatic rings. The minimum Gasteiger partial charge on any atom is -0.454 e. The molecule has 1 N–H and O–H groups in total. The van der Waals surface area contributed by atoms with E-state index < -0.39 is 0 Å². The van der Waals surface area contributed by atoms with Crippen LogP contribution in [0.4, 0.5) is 0 Å². The van der Waals surface area contributed by atoms with Gasteiger partial charge in [0.2, 0.25) is 6.79 Å². The second kappa shape index (κ2) is 6.04. The number of alkyl halides is 1. The number of nitrogens with one attached hydrogen (secondary N) is 1. The number of hydrogen-bond donors (Lipinski definition) is 1. The van der Waals surface area contributed by atoms with Crippen molar-refractivity contribution < 1.29 is 14.3 Å². The maximum absolute atomic E-state index is 12.4. The van der Waals surface area contributed by atoms with Gasteiger partial charge in [-0.25, -0.2) is 0 Å². The molecule has 1 saturated carbocycles. The quantitative estimate of drug-likeness (QED) is 0.860. The molecule has 5 heteroatoms. The zero-order chi connectivity index (χ0) is 13.9. The van der Waals surface area contributed by atoms with E-state index in [1.165, 1.54) is 19.3 Å². The summed E-state index contributed by atoms with van der Waals surface area (Å²) in [4.78, 5) is 12.4. The Hall–Kier alpha value is -1.23. The van der Waals surface area contributed by atoms with Crippen LogP contribution in [0.15, 0.2) is 18.2 Å². The summed E-state index contributed by atoms with van der Waals surface area (Å²) >= 11 is 3.55. The Kier molecular flexibility index (Phi) is 4.15. The average molecular weight is 340 g/mol. The number of carbonyl (C=O) groups is 1. The van der Waals surface area contributed by atoms with Crippen molar-refractivity contribution in [3.05, 3.63) is 23.8 Å². The van der Waals surface area contributed by atoms with E-state index in [1.54, 1.807) is 18.2 Å².